The van der Waals surface area contributed by atoms with E-state index >= 15 is 0 Å². The highest BCUT2D eigenvalue weighted by molar-refractivity contribution is 8.01. The van der Waals surface area contributed by atoms with Crippen LogP contribution in [-0.2, 0) is 0 Å². The van der Waals surface area contributed by atoms with Crippen LogP contribution in [0.2, 0.25) is 0 Å². The van der Waals surface area contributed by atoms with Crippen LogP contribution in [0, 0.1) is 0 Å². The average Bonchev–Trinajstić information content (AvgIpc) is 2.87. The van der Waals surface area contributed by atoms with E-state index in [1.165, 1.54) is 29.4 Å². The van der Waals surface area contributed by atoms with Gasteiger partial charge in [0.25, 0.3) is 0 Å². The second-order valence-electron chi connectivity index (χ2n) is 2.39. The van der Waals surface area contributed by atoms with E-state index in [0.717, 1.165) is 4.34 Å². The summed E-state index contributed by atoms with van der Waals surface area (Å²) in [6.45, 7) is 0. The molecular weight excluding hydrogens is 220 g/mol. The molecule has 72 valence electrons. The van der Waals surface area contributed by atoms with E-state index in [0.29, 0.717) is 11.5 Å². The van der Waals surface area contributed by atoms with Crippen molar-refractivity contribution in [1.29, 1.82) is 0 Å². The van der Waals surface area contributed by atoms with Gasteiger partial charge in [-0.2, -0.15) is 0 Å². The normalized spacial score (nSPS) is 10.3. The Balaban J connectivity index is 1.90. The Bertz CT molecular complexity index is 397. The standard InChI is InChI=1S/C8H6N2O2S2/c11-6(7-2-1-3-12-7)4-13-8-10-9-5-14-8/h1-3,5H,4H2. The number of hydrogen-bond acceptors (Lipinski definition) is 6. The average molecular weight is 226 g/mol. The molecule has 0 spiro atoms. The SMILES string of the molecule is O=C(CSc1nncs1)c1ccco1. The van der Waals surface area contributed by atoms with Crippen molar-refractivity contribution in [3.05, 3.63) is 29.7 Å². The Hall–Kier alpha value is -1.14. The smallest absolute Gasteiger partial charge is 0.208 e. The van der Waals surface area contributed by atoms with Gasteiger partial charge in [-0.1, -0.05) is 23.1 Å². The third kappa shape index (κ3) is 2.21. The maximum Gasteiger partial charge on any atom is 0.208 e. The first-order chi connectivity index (χ1) is 6.86. The number of aromatic nitrogens is 2. The molecule has 0 aliphatic heterocycles. The van der Waals surface area contributed by atoms with Gasteiger partial charge in [-0.25, -0.2) is 0 Å². The maximum absolute atomic E-state index is 11.4. The number of rotatable bonds is 4. The second-order valence-corrected chi connectivity index (χ2v) is 4.45. The summed E-state index contributed by atoms with van der Waals surface area (Å²) in [6, 6.07) is 3.35. The van der Waals surface area contributed by atoms with Gasteiger partial charge in [0, 0.05) is 0 Å². The lowest BCUT2D eigenvalue weighted by molar-refractivity contribution is 0.0992. The Kier molecular flexibility index (Phi) is 2.95. The molecular formula is C8H6N2O2S2. The van der Waals surface area contributed by atoms with Gasteiger partial charge in [-0.15, -0.1) is 10.2 Å². The molecule has 2 aromatic rings. The fourth-order valence-electron chi connectivity index (χ4n) is 0.861. The molecule has 0 N–H and O–H groups in total. The summed E-state index contributed by atoms with van der Waals surface area (Å²) in [4.78, 5) is 11.4. The molecule has 0 unspecified atom stereocenters. The molecule has 0 radical (unpaired) electrons. The Morgan fingerprint density at radius 2 is 2.57 bits per heavy atom. The molecule has 0 bridgehead atoms. The number of nitrogens with zero attached hydrogens (tertiary/aromatic N) is 2. The van der Waals surface area contributed by atoms with Crippen molar-refractivity contribution in [2.24, 2.45) is 0 Å². The summed E-state index contributed by atoms with van der Waals surface area (Å²) in [5.74, 6) is 0.695. The first-order valence-electron chi connectivity index (χ1n) is 3.82. The van der Waals surface area contributed by atoms with Crippen LogP contribution in [0.4, 0.5) is 0 Å². The topological polar surface area (TPSA) is 56.0 Å². The highest BCUT2D eigenvalue weighted by Crippen LogP contribution is 2.20. The molecule has 4 nitrogen and oxygen atoms in total. The van der Waals surface area contributed by atoms with E-state index < -0.39 is 0 Å². The van der Waals surface area contributed by atoms with Gasteiger partial charge in [-0.05, 0) is 12.1 Å². The second kappa shape index (κ2) is 4.39. The zero-order valence-electron chi connectivity index (χ0n) is 7.04. The van der Waals surface area contributed by atoms with Crippen molar-refractivity contribution in [2.75, 3.05) is 5.75 Å². The zero-order chi connectivity index (χ0) is 9.80. The van der Waals surface area contributed by atoms with Crippen molar-refractivity contribution in [3.8, 4) is 0 Å². The van der Waals surface area contributed by atoms with E-state index in [1.807, 2.05) is 0 Å². The minimum atomic E-state index is -0.0322. The maximum atomic E-state index is 11.4. The molecule has 6 heteroatoms. The van der Waals surface area contributed by atoms with Crippen molar-refractivity contribution in [3.63, 3.8) is 0 Å². The highest BCUT2D eigenvalue weighted by Gasteiger charge is 2.09. The van der Waals surface area contributed by atoms with E-state index in [2.05, 4.69) is 10.2 Å². The molecule has 2 heterocycles. The van der Waals surface area contributed by atoms with Crippen LogP contribution in [0.15, 0.2) is 32.7 Å². The number of thioether (sulfide) groups is 1. The predicted octanol–water partition coefficient (Wildman–Crippen LogP) is 2.11. The van der Waals surface area contributed by atoms with Gasteiger partial charge < -0.3 is 4.42 Å². The molecule has 2 rings (SSSR count). The van der Waals surface area contributed by atoms with E-state index in [4.69, 9.17) is 4.42 Å². The lowest BCUT2D eigenvalue weighted by Crippen LogP contribution is -1.99. The molecule has 0 saturated carbocycles. The fraction of sp³-hybridized carbons (Fsp3) is 0.125. The van der Waals surface area contributed by atoms with Crippen LogP contribution in [0.3, 0.4) is 0 Å². The van der Waals surface area contributed by atoms with Gasteiger partial charge in [0.1, 0.15) is 5.51 Å². The molecule has 0 amide bonds. The van der Waals surface area contributed by atoms with Crippen molar-refractivity contribution >= 4 is 28.9 Å². The third-order valence-corrected chi connectivity index (χ3v) is 3.32. The Morgan fingerprint density at radius 1 is 1.64 bits per heavy atom. The molecule has 2 aromatic heterocycles. The van der Waals surface area contributed by atoms with Gasteiger partial charge in [0.05, 0.1) is 12.0 Å². The molecule has 0 atom stereocenters. The lowest BCUT2D eigenvalue weighted by Gasteiger charge is -1.93. The van der Waals surface area contributed by atoms with Crippen molar-refractivity contribution in [2.45, 2.75) is 4.34 Å². The number of Topliss-reactive ketones (excluding diaryl/α,β-unsaturated/α-hetero) is 1. The molecule has 0 aliphatic carbocycles. The van der Waals surface area contributed by atoms with Gasteiger partial charge in [-0.3, -0.25) is 4.79 Å². The molecule has 0 aliphatic rings. The number of carbonyl (C=O) groups is 1. The van der Waals surface area contributed by atoms with Crippen LogP contribution in [0.5, 0.6) is 0 Å². The molecule has 0 aromatic carbocycles. The summed E-state index contributed by atoms with van der Waals surface area (Å²) < 4.78 is 5.77. The van der Waals surface area contributed by atoms with E-state index in [-0.39, 0.29) is 5.78 Å². The van der Waals surface area contributed by atoms with Crippen molar-refractivity contribution in [1.82, 2.24) is 10.2 Å². The highest BCUT2D eigenvalue weighted by atomic mass is 32.2. The largest absolute Gasteiger partial charge is 0.461 e. The fourth-order valence-corrected chi connectivity index (χ4v) is 2.22. The van der Waals surface area contributed by atoms with Crippen LogP contribution >= 0.6 is 23.1 Å². The van der Waals surface area contributed by atoms with Crippen LogP contribution < -0.4 is 0 Å². The zero-order valence-corrected chi connectivity index (χ0v) is 8.68. The third-order valence-electron chi connectivity index (χ3n) is 1.46. The van der Waals surface area contributed by atoms with Gasteiger partial charge in [0.2, 0.25) is 5.78 Å². The quantitative estimate of drug-likeness (QED) is 0.590. The summed E-state index contributed by atoms with van der Waals surface area (Å²) in [7, 11) is 0. The summed E-state index contributed by atoms with van der Waals surface area (Å²) >= 11 is 2.79. The minimum Gasteiger partial charge on any atom is -0.461 e. The minimum absolute atomic E-state index is 0.0322. The van der Waals surface area contributed by atoms with Crippen LogP contribution in [0.25, 0.3) is 0 Å². The van der Waals surface area contributed by atoms with Crippen LogP contribution in [-0.4, -0.2) is 21.7 Å². The Morgan fingerprint density at radius 3 is 3.21 bits per heavy atom. The first-order valence-corrected chi connectivity index (χ1v) is 5.68. The number of hydrogen-bond donors (Lipinski definition) is 0. The van der Waals surface area contributed by atoms with Crippen LogP contribution in [0.1, 0.15) is 10.6 Å². The summed E-state index contributed by atoms with van der Waals surface area (Å²) in [5.41, 5.74) is 1.64. The van der Waals surface area contributed by atoms with Gasteiger partial charge >= 0.3 is 0 Å². The van der Waals surface area contributed by atoms with E-state index in [9.17, 15) is 4.79 Å². The molecule has 14 heavy (non-hydrogen) atoms. The monoisotopic (exact) mass is 226 g/mol. The van der Waals surface area contributed by atoms with E-state index in [1.54, 1.807) is 17.6 Å². The number of carbonyl (C=O) groups excluding carboxylic acids is 1. The summed E-state index contributed by atoms with van der Waals surface area (Å²) in [6.07, 6.45) is 1.49. The molecule has 0 fully saturated rings. The predicted molar refractivity (Wildman–Crippen MR) is 53.7 cm³/mol. The summed E-state index contributed by atoms with van der Waals surface area (Å²) in [5, 5.41) is 7.49. The lowest BCUT2D eigenvalue weighted by atomic mass is 10.3. The van der Waals surface area contributed by atoms with Crippen molar-refractivity contribution < 1.29 is 9.21 Å². The molecule has 0 saturated heterocycles. The number of furan rings is 1. The first kappa shape index (κ1) is 9.42. The Labute approximate surface area is 88.3 Å². The number of ketones is 1. The van der Waals surface area contributed by atoms with Gasteiger partial charge in [0.15, 0.2) is 10.1 Å².